The molecule has 1 amide bonds. The van der Waals surface area contributed by atoms with Gasteiger partial charge in [-0.15, -0.1) is 0 Å². The second kappa shape index (κ2) is 3.66. The van der Waals surface area contributed by atoms with Crippen LogP contribution in [0.5, 0.6) is 0 Å². The maximum atomic E-state index is 11.9. The molecule has 15 heavy (non-hydrogen) atoms. The Hall–Kier alpha value is -1.35. The highest BCUT2D eigenvalue weighted by Crippen LogP contribution is 2.29. The molecular weight excluding hydrogens is 190 g/mol. The first-order chi connectivity index (χ1) is 7.17. The van der Waals surface area contributed by atoms with Gasteiger partial charge in [-0.2, -0.15) is 0 Å². The number of rotatable bonds is 2. The molecule has 2 rings (SSSR count). The van der Waals surface area contributed by atoms with E-state index >= 15 is 0 Å². The molecule has 1 N–H and O–H groups in total. The van der Waals surface area contributed by atoms with E-state index in [0.29, 0.717) is 13.0 Å². The maximum absolute atomic E-state index is 11.9. The van der Waals surface area contributed by atoms with E-state index in [2.05, 4.69) is 6.92 Å². The third-order valence-corrected chi connectivity index (χ3v) is 2.87. The molecule has 1 fully saturated rings. The van der Waals surface area contributed by atoms with Crippen LogP contribution in [0.2, 0.25) is 0 Å². The van der Waals surface area contributed by atoms with Crippen LogP contribution in [0.15, 0.2) is 30.3 Å². The lowest BCUT2D eigenvalue weighted by Gasteiger charge is -2.20. The molecule has 79 valence electrons. The fourth-order valence-electron chi connectivity index (χ4n) is 1.84. The van der Waals surface area contributed by atoms with Crippen LogP contribution in [0.4, 0.5) is 5.69 Å². The fourth-order valence-corrected chi connectivity index (χ4v) is 1.84. The van der Waals surface area contributed by atoms with E-state index in [4.69, 9.17) is 0 Å². The summed E-state index contributed by atoms with van der Waals surface area (Å²) in [5.41, 5.74) is -0.414. The Bertz CT molecular complexity index is 363. The van der Waals surface area contributed by atoms with Crippen molar-refractivity contribution in [2.24, 2.45) is 0 Å². The zero-order chi connectivity index (χ0) is 10.9. The number of anilines is 1. The molecule has 1 heterocycles. The Morgan fingerprint density at radius 3 is 2.60 bits per heavy atom. The molecule has 1 aromatic rings. The van der Waals surface area contributed by atoms with Crippen molar-refractivity contribution in [3.8, 4) is 0 Å². The summed E-state index contributed by atoms with van der Waals surface area (Å²) in [4.78, 5) is 13.5. The van der Waals surface area contributed by atoms with E-state index in [1.54, 1.807) is 4.90 Å². The van der Waals surface area contributed by atoms with E-state index in [1.165, 1.54) is 0 Å². The van der Waals surface area contributed by atoms with Gasteiger partial charge in [-0.05, 0) is 25.5 Å². The lowest BCUT2D eigenvalue weighted by Crippen LogP contribution is -2.39. The van der Waals surface area contributed by atoms with E-state index in [0.717, 1.165) is 5.69 Å². The first kappa shape index (κ1) is 10.2. The van der Waals surface area contributed by atoms with Gasteiger partial charge in [0.05, 0.1) is 0 Å². The molecule has 0 unspecified atom stereocenters. The quantitative estimate of drug-likeness (QED) is 0.790. The van der Waals surface area contributed by atoms with Crippen molar-refractivity contribution in [2.45, 2.75) is 18.4 Å². The Morgan fingerprint density at radius 2 is 2.07 bits per heavy atom. The van der Waals surface area contributed by atoms with Crippen LogP contribution in [-0.4, -0.2) is 23.2 Å². The first-order valence-corrected chi connectivity index (χ1v) is 5.06. The van der Waals surface area contributed by atoms with Crippen molar-refractivity contribution in [2.75, 3.05) is 11.4 Å². The van der Waals surface area contributed by atoms with Gasteiger partial charge in [0, 0.05) is 18.7 Å². The standard InChI is InChI=1S/C12H14NO2/c1-2-12(15)8-9-13(11(12)14)10-6-4-3-5-7-10/h3-7,15H,1-2,8-9H2/t12-/m0/s1. The predicted octanol–water partition coefficient (Wildman–Crippen LogP) is 1.38. The molecule has 1 atom stereocenters. The smallest absolute Gasteiger partial charge is 0.259 e. The van der Waals surface area contributed by atoms with Gasteiger partial charge in [0.2, 0.25) is 0 Å². The van der Waals surface area contributed by atoms with Gasteiger partial charge in [-0.25, -0.2) is 0 Å². The molecule has 3 heteroatoms. The number of benzene rings is 1. The average Bonchev–Trinajstić information content (AvgIpc) is 2.58. The summed E-state index contributed by atoms with van der Waals surface area (Å²) >= 11 is 0. The van der Waals surface area contributed by atoms with Crippen LogP contribution in [0.3, 0.4) is 0 Å². The molecule has 1 aliphatic heterocycles. The summed E-state index contributed by atoms with van der Waals surface area (Å²) in [6.07, 6.45) is 0.694. The molecule has 0 aliphatic carbocycles. The summed E-state index contributed by atoms with van der Waals surface area (Å²) in [6.45, 7) is 4.18. The number of hydrogen-bond acceptors (Lipinski definition) is 2. The Morgan fingerprint density at radius 1 is 1.40 bits per heavy atom. The number of nitrogens with zero attached hydrogens (tertiary/aromatic N) is 1. The van der Waals surface area contributed by atoms with E-state index < -0.39 is 5.60 Å². The van der Waals surface area contributed by atoms with Gasteiger partial charge >= 0.3 is 0 Å². The van der Waals surface area contributed by atoms with Crippen molar-refractivity contribution >= 4 is 11.6 Å². The SMILES string of the molecule is [CH2]C[C@]1(O)CCN(c2ccccc2)C1=O. The highest BCUT2D eigenvalue weighted by Gasteiger charge is 2.43. The molecule has 0 saturated carbocycles. The van der Waals surface area contributed by atoms with Crippen LogP contribution < -0.4 is 4.90 Å². The van der Waals surface area contributed by atoms with E-state index in [1.807, 2.05) is 30.3 Å². The fraction of sp³-hybridized carbons (Fsp3) is 0.333. The third-order valence-electron chi connectivity index (χ3n) is 2.87. The second-order valence-corrected chi connectivity index (χ2v) is 3.82. The van der Waals surface area contributed by atoms with Crippen molar-refractivity contribution < 1.29 is 9.90 Å². The van der Waals surface area contributed by atoms with Crippen LogP contribution in [0, 0.1) is 6.92 Å². The van der Waals surface area contributed by atoms with Gasteiger partial charge in [-0.1, -0.05) is 18.2 Å². The lowest BCUT2D eigenvalue weighted by atomic mass is 10.00. The van der Waals surface area contributed by atoms with Crippen LogP contribution in [0.25, 0.3) is 0 Å². The topological polar surface area (TPSA) is 40.5 Å². The number of amides is 1. The summed E-state index contributed by atoms with van der Waals surface area (Å²) in [5.74, 6) is -0.233. The highest BCUT2D eigenvalue weighted by molar-refractivity contribution is 6.01. The molecule has 0 bridgehead atoms. The number of aliphatic hydroxyl groups is 1. The summed E-state index contributed by atoms with van der Waals surface area (Å²) < 4.78 is 0. The van der Waals surface area contributed by atoms with Gasteiger partial charge in [0.15, 0.2) is 0 Å². The van der Waals surface area contributed by atoms with Crippen molar-refractivity contribution in [1.29, 1.82) is 0 Å². The lowest BCUT2D eigenvalue weighted by molar-refractivity contribution is -0.132. The Kier molecular flexibility index (Phi) is 2.49. The summed E-state index contributed by atoms with van der Waals surface area (Å²) in [7, 11) is 0. The first-order valence-electron chi connectivity index (χ1n) is 5.06. The largest absolute Gasteiger partial charge is 0.380 e. The number of para-hydroxylation sites is 1. The van der Waals surface area contributed by atoms with Gasteiger partial charge in [-0.3, -0.25) is 4.79 Å². The second-order valence-electron chi connectivity index (χ2n) is 3.82. The normalized spacial score (nSPS) is 26.0. The van der Waals surface area contributed by atoms with E-state index in [9.17, 15) is 9.90 Å². The molecule has 0 aromatic heterocycles. The number of carbonyl (C=O) groups is 1. The number of carbonyl (C=O) groups excluding carboxylic acids is 1. The zero-order valence-corrected chi connectivity index (χ0v) is 8.52. The third kappa shape index (κ3) is 1.63. The minimum atomic E-state index is -1.25. The summed E-state index contributed by atoms with van der Waals surface area (Å²) in [6, 6.07) is 9.39. The molecule has 1 radical (unpaired) electrons. The van der Waals surface area contributed by atoms with Crippen molar-refractivity contribution in [3.63, 3.8) is 0 Å². The minimum absolute atomic E-state index is 0.231. The highest BCUT2D eigenvalue weighted by atomic mass is 16.3. The van der Waals surface area contributed by atoms with E-state index in [-0.39, 0.29) is 12.3 Å². The molecule has 1 aliphatic rings. The van der Waals surface area contributed by atoms with Crippen LogP contribution in [0.1, 0.15) is 12.8 Å². The predicted molar refractivity (Wildman–Crippen MR) is 58.3 cm³/mol. The van der Waals surface area contributed by atoms with Crippen molar-refractivity contribution in [1.82, 2.24) is 0 Å². The molecule has 3 nitrogen and oxygen atoms in total. The van der Waals surface area contributed by atoms with Gasteiger partial charge in [0.25, 0.3) is 5.91 Å². The van der Waals surface area contributed by atoms with Crippen molar-refractivity contribution in [3.05, 3.63) is 37.3 Å². The van der Waals surface area contributed by atoms with Gasteiger partial charge < -0.3 is 10.0 Å². The number of hydrogen-bond donors (Lipinski definition) is 1. The molecule has 1 saturated heterocycles. The van der Waals surface area contributed by atoms with Gasteiger partial charge in [0.1, 0.15) is 5.60 Å². The summed E-state index contributed by atoms with van der Waals surface area (Å²) in [5, 5.41) is 9.95. The minimum Gasteiger partial charge on any atom is -0.380 e. The molecule has 1 aromatic carbocycles. The van der Waals surface area contributed by atoms with Crippen LogP contribution in [-0.2, 0) is 4.79 Å². The molecule has 0 spiro atoms. The maximum Gasteiger partial charge on any atom is 0.259 e. The zero-order valence-electron chi connectivity index (χ0n) is 8.52. The monoisotopic (exact) mass is 204 g/mol. The Balaban J connectivity index is 2.25. The van der Waals surface area contributed by atoms with Crippen LogP contribution >= 0.6 is 0 Å². The Labute approximate surface area is 89.3 Å². The average molecular weight is 204 g/mol. The molecular formula is C12H14NO2.